The number of carbonyl (C=O) groups is 2. The van der Waals surface area contributed by atoms with E-state index in [1.807, 2.05) is 0 Å². The van der Waals surface area contributed by atoms with Crippen molar-refractivity contribution in [2.75, 3.05) is 13.1 Å². The number of thiophene rings is 1. The van der Waals surface area contributed by atoms with E-state index in [0.717, 1.165) is 4.70 Å². The van der Waals surface area contributed by atoms with Crippen LogP contribution in [0.1, 0.15) is 39.4 Å². The molecule has 0 bridgehead atoms. The van der Waals surface area contributed by atoms with Crippen LogP contribution < -0.4 is 10.9 Å². The number of benzene rings is 2. The first-order valence-electron chi connectivity index (χ1n) is 9.58. The van der Waals surface area contributed by atoms with Crippen molar-refractivity contribution in [2.24, 2.45) is 0 Å². The zero-order chi connectivity index (χ0) is 22.8. The van der Waals surface area contributed by atoms with Gasteiger partial charge in [-0.05, 0) is 54.3 Å². The molecule has 0 saturated carbocycles. The summed E-state index contributed by atoms with van der Waals surface area (Å²) in [4.78, 5) is 25.4. The molecule has 2 amide bonds. The first-order chi connectivity index (χ1) is 14.7. The van der Waals surface area contributed by atoms with Crippen LogP contribution in [-0.2, 0) is 10.0 Å². The van der Waals surface area contributed by atoms with E-state index in [1.165, 1.54) is 52.0 Å². The monoisotopic (exact) mass is 463 g/mol. The molecule has 0 atom stereocenters. The van der Waals surface area contributed by atoms with E-state index in [2.05, 4.69) is 10.9 Å². The smallest absolute Gasteiger partial charge is 0.267 e. The Balaban J connectivity index is 1.76. The largest absolute Gasteiger partial charge is 0.280 e. The summed E-state index contributed by atoms with van der Waals surface area (Å²) in [5.74, 6) is -1.60. The molecule has 3 rings (SSSR count). The summed E-state index contributed by atoms with van der Waals surface area (Å²) >= 11 is 1.19. The van der Waals surface area contributed by atoms with Gasteiger partial charge < -0.3 is 0 Å². The second-order valence-electron chi connectivity index (χ2n) is 6.72. The van der Waals surface area contributed by atoms with Crippen molar-refractivity contribution in [3.8, 4) is 0 Å². The van der Waals surface area contributed by atoms with Crippen molar-refractivity contribution in [1.82, 2.24) is 15.2 Å². The number of hydrazine groups is 1. The molecule has 0 aliphatic carbocycles. The Morgan fingerprint density at radius 1 is 1.03 bits per heavy atom. The lowest BCUT2D eigenvalue weighted by atomic mass is 10.1. The Morgan fingerprint density at radius 3 is 2.39 bits per heavy atom. The summed E-state index contributed by atoms with van der Waals surface area (Å²) < 4.78 is 40.9. The zero-order valence-electron chi connectivity index (χ0n) is 17.2. The number of nitrogens with zero attached hydrogens (tertiary/aromatic N) is 1. The fourth-order valence-electron chi connectivity index (χ4n) is 3.16. The van der Waals surface area contributed by atoms with Crippen molar-refractivity contribution >= 4 is 43.3 Å². The van der Waals surface area contributed by atoms with Crippen LogP contribution in [0.4, 0.5) is 4.39 Å². The number of rotatable bonds is 6. The number of hydrogen-bond acceptors (Lipinski definition) is 5. The fraction of sp³-hybridized carbons (Fsp3) is 0.238. The summed E-state index contributed by atoms with van der Waals surface area (Å²) in [6.07, 6.45) is 0. The highest BCUT2D eigenvalue weighted by atomic mass is 32.2. The summed E-state index contributed by atoms with van der Waals surface area (Å²) in [7, 11) is -3.72. The molecule has 7 nitrogen and oxygen atoms in total. The molecule has 1 heterocycles. The number of sulfonamides is 1. The lowest BCUT2D eigenvalue weighted by Crippen LogP contribution is -2.41. The van der Waals surface area contributed by atoms with Gasteiger partial charge in [0.1, 0.15) is 5.82 Å². The van der Waals surface area contributed by atoms with E-state index in [9.17, 15) is 22.4 Å². The second-order valence-corrected chi connectivity index (χ2v) is 9.71. The van der Waals surface area contributed by atoms with Gasteiger partial charge in [0.2, 0.25) is 10.0 Å². The quantitative estimate of drug-likeness (QED) is 0.548. The van der Waals surface area contributed by atoms with Gasteiger partial charge in [-0.15, -0.1) is 11.3 Å². The summed E-state index contributed by atoms with van der Waals surface area (Å²) in [6, 6.07) is 9.89. The van der Waals surface area contributed by atoms with Crippen molar-refractivity contribution in [3.63, 3.8) is 0 Å². The van der Waals surface area contributed by atoms with Crippen LogP contribution in [0.5, 0.6) is 0 Å². The van der Waals surface area contributed by atoms with E-state index >= 15 is 0 Å². The molecule has 0 aliphatic rings. The van der Waals surface area contributed by atoms with Crippen LogP contribution in [0.2, 0.25) is 0 Å². The third-order valence-corrected chi connectivity index (χ3v) is 8.15. The minimum absolute atomic E-state index is 0.00226. The SMILES string of the molecule is CCN(CC)S(=O)(=O)c1cccc(C(=O)NNC(=O)c2sc3ccc(F)cc3c2C)c1. The molecule has 31 heavy (non-hydrogen) atoms. The third kappa shape index (κ3) is 4.60. The van der Waals surface area contributed by atoms with Gasteiger partial charge in [0.05, 0.1) is 9.77 Å². The predicted molar refractivity (Wildman–Crippen MR) is 118 cm³/mol. The molecule has 0 aliphatic heterocycles. The van der Waals surface area contributed by atoms with Crippen LogP contribution in [0.25, 0.3) is 10.1 Å². The lowest BCUT2D eigenvalue weighted by molar-refractivity contribution is 0.0848. The van der Waals surface area contributed by atoms with Crippen LogP contribution in [0.3, 0.4) is 0 Å². The van der Waals surface area contributed by atoms with Gasteiger partial charge in [0.15, 0.2) is 0 Å². The van der Waals surface area contributed by atoms with Crippen LogP contribution >= 0.6 is 11.3 Å². The maximum Gasteiger partial charge on any atom is 0.280 e. The van der Waals surface area contributed by atoms with Gasteiger partial charge in [-0.3, -0.25) is 20.4 Å². The van der Waals surface area contributed by atoms with Gasteiger partial charge in [-0.25, -0.2) is 12.8 Å². The molecule has 10 heteroatoms. The first kappa shape index (κ1) is 22.9. The summed E-state index contributed by atoms with van der Waals surface area (Å²) in [5, 5.41) is 0.635. The maximum absolute atomic E-state index is 13.5. The van der Waals surface area contributed by atoms with Crippen LogP contribution in [0, 0.1) is 12.7 Å². The Labute approximate surface area is 183 Å². The minimum Gasteiger partial charge on any atom is -0.267 e. The molecular formula is C21H22FN3O4S2. The fourth-order valence-corrected chi connectivity index (χ4v) is 5.75. The lowest BCUT2D eigenvalue weighted by Gasteiger charge is -2.18. The van der Waals surface area contributed by atoms with Gasteiger partial charge in [0, 0.05) is 23.4 Å². The third-order valence-electron chi connectivity index (χ3n) is 4.83. The molecule has 1 aromatic heterocycles. The molecule has 0 radical (unpaired) electrons. The number of amides is 2. The van der Waals surface area contributed by atoms with E-state index in [4.69, 9.17) is 0 Å². The van der Waals surface area contributed by atoms with E-state index in [-0.39, 0.29) is 10.5 Å². The highest BCUT2D eigenvalue weighted by Gasteiger charge is 2.23. The molecule has 164 valence electrons. The number of hydrogen-bond donors (Lipinski definition) is 2. The molecule has 2 aromatic carbocycles. The van der Waals surface area contributed by atoms with E-state index in [1.54, 1.807) is 26.8 Å². The Morgan fingerprint density at radius 2 is 1.71 bits per heavy atom. The Bertz CT molecular complexity index is 1250. The average Bonchev–Trinajstić information content (AvgIpc) is 3.08. The van der Waals surface area contributed by atoms with Crippen molar-refractivity contribution in [3.05, 3.63) is 64.3 Å². The van der Waals surface area contributed by atoms with Gasteiger partial charge in [0.25, 0.3) is 11.8 Å². The van der Waals surface area contributed by atoms with E-state index in [0.29, 0.717) is 28.9 Å². The standard InChI is InChI=1S/C21H22FN3O4S2/c1-4-25(5-2)31(28,29)16-8-6-7-14(11-16)20(26)23-24-21(27)19-13(3)17-12-15(22)9-10-18(17)30-19/h6-12H,4-5H2,1-3H3,(H,23,26)(H,24,27). The molecule has 0 unspecified atom stereocenters. The van der Waals surface area contributed by atoms with Gasteiger partial charge >= 0.3 is 0 Å². The number of nitrogens with one attached hydrogen (secondary N) is 2. The molecule has 2 N–H and O–H groups in total. The number of aryl methyl sites for hydroxylation is 1. The highest BCUT2D eigenvalue weighted by Crippen LogP contribution is 2.31. The average molecular weight is 464 g/mol. The Hall–Kier alpha value is -2.82. The Kier molecular flexibility index (Phi) is 6.73. The molecule has 0 spiro atoms. The molecular weight excluding hydrogens is 441 g/mol. The van der Waals surface area contributed by atoms with Crippen LogP contribution in [-0.4, -0.2) is 37.6 Å². The van der Waals surface area contributed by atoms with Crippen molar-refractivity contribution in [2.45, 2.75) is 25.7 Å². The highest BCUT2D eigenvalue weighted by molar-refractivity contribution is 7.89. The number of fused-ring (bicyclic) bond motifs is 1. The normalized spacial score (nSPS) is 11.6. The zero-order valence-corrected chi connectivity index (χ0v) is 18.9. The molecule has 3 aromatic rings. The number of halogens is 1. The van der Waals surface area contributed by atoms with Crippen molar-refractivity contribution < 1.29 is 22.4 Å². The molecule has 0 saturated heterocycles. The maximum atomic E-state index is 13.5. The topological polar surface area (TPSA) is 95.6 Å². The summed E-state index contributed by atoms with van der Waals surface area (Å²) in [6.45, 7) is 5.79. The molecule has 0 fully saturated rings. The van der Waals surface area contributed by atoms with Gasteiger partial charge in [-0.1, -0.05) is 19.9 Å². The van der Waals surface area contributed by atoms with E-state index < -0.39 is 27.7 Å². The van der Waals surface area contributed by atoms with Gasteiger partial charge in [-0.2, -0.15) is 4.31 Å². The second kappa shape index (κ2) is 9.13. The van der Waals surface area contributed by atoms with Crippen LogP contribution in [0.15, 0.2) is 47.4 Å². The minimum atomic E-state index is -3.72. The first-order valence-corrected chi connectivity index (χ1v) is 11.8. The van der Waals surface area contributed by atoms with Crippen molar-refractivity contribution in [1.29, 1.82) is 0 Å². The summed E-state index contributed by atoms with van der Waals surface area (Å²) in [5.41, 5.74) is 5.33. The number of carbonyl (C=O) groups excluding carboxylic acids is 2. The predicted octanol–water partition coefficient (Wildman–Crippen LogP) is 3.45.